The summed E-state index contributed by atoms with van der Waals surface area (Å²) in [6.45, 7) is 0.993. The van der Waals surface area contributed by atoms with Crippen molar-refractivity contribution < 1.29 is 13.5 Å². The number of halogens is 2. The third-order valence-corrected chi connectivity index (χ3v) is 7.09. The van der Waals surface area contributed by atoms with Gasteiger partial charge in [0.25, 0.3) is 5.95 Å². The zero-order valence-corrected chi connectivity index (χ0v) is 20.0. The van der Waals surface area contributed by atoms with E-state index in [0.717, 1.165) is 28.8 Å². The number of aromatic nitrogens is 5. The van der Waals surface area contributed by atoms with Gasteiger partial charge in [-0.2, -0.15) is 10.4 Å². The number of nitriles is 1. The zero-order valence-electron chi connectivity index (χ0n) is 19.2. The number of hydrogen-bond acceptors (Lipinski definition) is 9. The predicted molar refractivity (Wildman–Crippen MR) is 130 cm³/mol. The Morgan fingerprint density at radius 3 is 2.81 bits per heavy atom. The SMILES string of the molecule is CN(C)Cc1ccn(-c2ncc3c4c(c(-c5ncc(F)c6sc(N)c(C#N)c56)c(F)c3n2)COC4)n1. The summed E-state index contributed by atoms with van der Waals surface area (Å²) >= 11 is 0.934. The van der Waals surface area contributed by atoms with Crippen LogP contribution in [-0.2, 0) is 24.5 Å². The quantitative estimate of drug-likeness (QED) is 0.391. The first-order chi connectivity index (χ1) is 17.4. The van der Waals surface area contributed by atoms with Crippen molar-refractivity contribution in [1.82, 2.24) is 29.6 Å². The van der Waals surface area contributed by atoms with Crippen LogP contribution in [0.3, 0.4) is 0 Å². The number of nitrogens with zero attached hydrogens (tertiary/aromatic N) is 7. The van der Waals surface area contributed by atoms with Crippen molar-refractivity contribution in [3.05, 3.63) is 58.7 Å². The number of anilines is 1. The molecule has 6 rings (SSSR count). The van der Waals surface area contributed by atoms with E-state index in [-0.39, 0.29) is 56.6 Å². The molecule has 0 saturated carbocycles. The molecule has 12 heteroatoms. The van der Waals surface area contributed by atoms with E-state index in [4.69, 9.17) is 10.5 Å². The summed E-state index contributed by atoms with van der Waals surface area (Å²) in [5.74, 6) is -1.09. The number of nitrogen functional groups attached to an aromatic ring is 1. The molecule has 0 amide bonds. The second-order valence-electron chi connectivity index (χ2n) is 8.67. The minimum Gasteiger partial charge on any atom is -0.389 e. The number of pyridine rings is 1. The fraction of sp³-hybridized carbons (Fsp3) is 0.208. The maximum Gasteiger partial charge on any atom is 0.251 e. The minimum atomic E-state index is -0.660. The number of nitrogens with two attached hydrogens (primary N) is 1. The van der Waals surface area contributed by atoms with Crippen molar-refractivity contribution in [3.63, 3.8) is 0 Å². The molecule has 0 saturated heterocycles. The number of fused-ring (bicyclic) bond motifs is 4. The maximum atomic E-state index is 16.3. The van der Waals surface area contributed by atoms with Gasteiger partial charge < -0.3 is 15.4 Å². The van der Waals surface area contributed by atoms with Gasteiger partial charge in [-0.15, -0.1) is 11.3 Å². The summed E-state index contributed by atoms with van der Waals surface area (Å²) in [4.78, 5) is 15.1. The van der Waals surface area contributed by atoms with Gasteiger partial charge in [-0.3, -0.25) is 4.98 Å². The fourth-order valence-electron chi connectivity index (χ4n) is 4.53. The summed E-state index contributed by atoms with van der Waals surface area (Å²) in [7, 11) is 3.87. The van der Waals surface area contributed by atoms with E-state index in [1.807, 2.05) is 31.1 Å². The van der Waals surface area contributed by atoms with E-state index in [1.165, 1.54) is 4.68 Å². The van der Waals surface area contributed by atoms with Crippen LogP contribution in [-0.4, -0.2) is 43.7 Å². The summed E-state index contributed by atoms with van der Waals surface area (Å²) in [6, 6.07) is 3.85. The van der Waals surface area contributed by atoms with Crippen LogP contribution in [0.5, 0.6) is 0 Å². The smallest absolute Gasteiger partial charge is 0.251 e. The average molecular weight is 505 g/mol. The molecule has 1 aliphatic heterocycles. The summed E-state index contributed by atoms with van der Waals surface area (Å²) in [5.41, 5.74) is 8.46. The molecule has 1 aliphatic rings. The molecule has 0 aliphatic carbocycles. The zero-order chi connectivity index (χ0) is 25.1. The third kappa shape index (κ3) is 3.32. The number of hydrogen-bond donors (Lipinski definition) is 1. The van der Waals surface area contributed by atoms with E-state index in [2.05, 4.69) is 20.1 Å². The van der Waals surface area contributed by atoms with E-state index in [9.17, 15) is 9.65 Å². The Labute approximate surface area is 207 Å². The second-order valence-corrected chi connectivity index (χ2v) is 9.72. The molecule has 5 heterocycles. The fourth-order valence-corrected chi connectivity index (χ4v) is 5.45. The van der Waals surface area contributed by atoms with E-state index >= 15 is 4.39 Å². The lowest BCUT2D eigenvalue weighted by Crippen LogP contribution is -2.12. The van der Waals surface area contributed by atoms with Gasteiger partial charge in [-0.1, -0.05) is 0 Å². The number of thiophene rings is 1. The highest BCUT2D eigenvalue weighted by atomic mass is 32.1. The van der Waals surface area contributed by atoms with Crippen molar-refractivity contribution >= 4 is 37.3 Å². The van der Waals surface area contributed by atoms with Gasteiger partial charge in [0.1, 0.15) is 16.6 Å². The van der Waals surface area contributed by atoms with Crippen LogP contribution in [0.25, 0.3) is 38.2 Å². The van der Waals surface area contributed by atoms with Crippen LogP contribution in [0.15, 0.2) is 24.7 Å². The molecule has 36 heavy (non-hydrogen) atoms. The lowest BCUT2D eigenvalue weighted by Gasteiger charge is -2.14. The van der Waals surface area contributed by atoms with Crippen molar-refractivity contribution in [1.29, 1.82) is 5.26 Å². The second kappa shape index (κ2) is 8.27. The molecular formula is C24H18F2N8OS. The number of rotatable bonds is 4. The highest BCUT2D eigenvalue weighted by Crippen LogP contribution is 2.44. The monoisotopic (exact) mass is 504 g/mol. The molecule has 0 bridgehead atoms. The first kappa shape index (κ1) is 22.4. The van der Waals surface area contributed by atoms with Gasteiger partial charge in [0.05, 0.1) is 41.1 Å². The lowest BCUT2D eigenvalue weighted by molar-refractivity contribution is 0.135. The average Bonchev–Trinajstić information content (AvgIpc) is 3.59. The van der Waals surface area contributed by atoms with Gasteiger partial charge in [0.2, 0.25) is 0 Å². The van der Waals surface area contributed by atoms with Crippen LogP contribution < -0.4 is 5.73 Å². The number of ether oxygens (including phenoxy) is 1. The predicted octanol–water partition coefficient (Wildman–Crippen LogP) is 3.92. The van der Waals surface area contributed by atoms with Crippen LogP contribution in [0, 0.1) is 23.0 Å². The van der Waals surface area contributed by atoms with Crippen LogP contribution in [0.2, 0.25) is 0 Å². The summed E-state index contributed by atoms with van der Waals surface area (Å²) in [6.07, 6.45) is 4.29. The van der Waals surface area contributed by atoms with Crippen molar-refractivity contribution in [2.24, 2.45) is 0 Å². The molecule has 0 unspecified atom stereocenters. The Balaban J connectivity index is 1.62. The molecule has 5 aromatic rings. The molecule has 9 nitrogen and oxygen atoms in total. The van der Waals surface area contributed by atoms with Crippen molar-refractivity contribution in [3.8, 4) is 23.3 Å². The largest absolute Gasteiger partial charge is 0.389 e. The Morgan fingerprint density at radius 1 is 1.22 bits per heavy atom. The lowest BCUT2D eigenvalue weighted by atomic mass is 9.94. The Morgan fingerprint density at radius 2 is 2.03 bits per heavy atom. The van der Waals surface area contributed by atoms with Crippen molar-refractivity contribution in [2.45, 2.75) is 19.8 Å². The van der Waals surface area contributed by atoms with Crippen LogP contribution >= 0.6 is 11.3 Å². The molecule has 2 N–H and O–H groups in total. The van der Waals surface area contributed by atoms with Crippen LogP contribution in [0.1, 0.15) is 22.4 Å². The van der Waals surface area contributed by atoms with Crippen molar-refractivity contribution in [2.75, 3.05) is 19.8 Å². The van der Waals surface area contributed by atoms with E-state index < -0.39 is 11.6 Å². The molecule has 0 fully saturated rings. The number of benzene rings is 1. The van der Waals surface area contributed by atoms with Gasteiger partial charge in [-0.25, -0.2) is 23.4 Å². The van der Waals surface area contributed by atoms with Gasteiger partial charge in [0, 0.05) is 35.3 Å². The molecule has 4 aromatic heterocycles. The first-order valence-corrected chi connectivity index (χ1v) is 11.7. The van der Waals surface area contributed by atoms with Crippen LogP contribution in [0.4, 0.5) is 13.8 Å². The van der Waals surface area contributed by atoms with E-state index in [1.54, 1.807) is 12.4 Å². The first-order valence-electron chi connectivity index (χ1n) is 10.9. The topological polar surface area (TPSA) is 119 Å². The molecule has 1 aromatic carbocycles. The normalized spacial score (nSPS) is 13.1. The van der Waals surface area contributed by atoms with E-state index in [0.29, 0.717) is 17.5 Å². The molecule has 0 radical (unpaired) electrons. The Hall–Kier alpha value is -4.05. The Bertz CT molecular complexity index is 1740. The Kier molecular flexibility index (Phi) is 5.15. The summed E-state index contributed by atoms with van der Waals surface area (Å²) in [5, 5.41) is 15.0. The summed E-state index contributed by atoms with van der Waals surface area (Å²) < 4.78 is 38.2. The highest BCUT2D eigenvalue weighted by molar-refractivity contribution is 7.23. The third-order valence-electron chi connectivity index (χ3n) is 6.06. The van der Waals surface area contributed by atoms with Gasteiger partial charge in [-0.05, 0) is 31.3 Å². The van der Waals surface area contributed by atoms with Gasteiger partial charge in [0.15, 0.2) is 11.6 Å². The standard InChI is InChI=1S/C24H18F2N8OS/c1-33(2)8-11-3-4-34(32-11)24-30-6-13-14-9-35-10-15(14)17(19(26)20(13)31-24)21-18-12(5-27)23(28)36-22(18)16(25)7-29-21/h3-4,6-7H,8-10,28H2,1-2H3. The molecule has 0 atom stereocenters. The molecule has 180 valence electrons. The van der Waals surface area contributed by atoms with Gasteiger partial charge >= 0.3 is 0 Å². The molecular weight excluding hydrogens is 486 g/mol. The molecule has 0 spiro atoms. The minimum absolute atomic E-state index is 0.0601. The maximum absolute atomic E-state index is 16.3. The highest BCUT2D eigenvalue weighted by Gasteiger charge is 2.30.